The Kier molecular flexibility index (Phi) is 5.28. The van der Waals surface area contributed by atoms with Gasteiger partial charge in [0.2, 0.25) is 0 Å². The molecule has 34 heavy (non-hydrogen) atoms. The molecule has 2 aromatic rings. The Morgan fingerprint density at radius 2 is 2.09 bits per heavy atom. The summed E-state index contributed by atoms with van der Waals surface area (Å²) in [7, 11) is 0. The predicted octanol–water partition coefficient (Wildman–Crippen LogP) is 2.76. The fourth-order valence-electron chi connectivity index (χ4n) is 5.83. The minimum Gasteiger partial charge on any atom is -0.378 e. The molecule has 1 aromatic carbocycles. The van der Waals surface area contributed by atoms with E-state index in [-0.39, 0.29) is 6.04 Å². The van der Waals surface area contributed by atoms with Crippen LogP contribution in [0.4, 0.5) is 5.69 Å². The molecule has 2 saturated heterocycles. The molecule has 4 aliphatic rings. The van der Waals surface area contributed by atoms with Gasteiger partial charge in [0.25, 0.3) is 0 Å². The largest absolute Gasteiger partial charge is 0.378 e. The van der Waals surface area contributed by atoms with Crippen molar-refractivity contribution in [3.63, 3.8) is 0 Å². The Bertz CT molecular complexity index is 1270. The maximum absolute atomic E-state index is 9.53. The van der Waals surface area contributed by atoms with E-state index in [1.807, 2.05) is 12.1 Å². The first-order valence-electron chi connectivity index (χ1n) is 12.1. The number of benzene rings is 1. The van der Waals surface area contributed by atoms with Crippen LogP contribution >= 0.6 is 0 Å². The van der Waals surface area contributed by atoms with Gasteiger partial charge in [-0.15, -0.1) is 0 Å². The number of anilines is 1. The Morgan fingerprint density at radius 3 is 2.97 bits per heavy atom. The van der Waals surface area contributed by atoms with Crippen LogP contribution in [0.1, 0.15) is 18.9 Å². The lowest BCUT2D eigenvalue weighted by Gasteiger charge is -2.42. The molecule has 7 nitrogen and oxygen atoms in total. The van der Waals surface area contributed by atoms with Gasteiger partial charge in [-0.3, -0.25) is 4.98 Å². The summed E-state index contributed by atoms with van der Waals surface area (Å²) in [5, 5.41) is 10.6. The van der Waals surface area contributed by atoms with Gasteiger partial charge in [0.1, 0.15) is 6.07 Å². The van der Waals surface area contributed by atoms with Crippen LogP contribution in [0.5, 0.6) is 0 Å². The van der Waals surface area contributed by atoms with E-state index in [1.54, 1.807) is 6.20 Å². The second kappa shape index (κ2) is 8.46. The van der Waals surface area contributed by atoms with Gasteiger partial charge < -0.3 is 25.2 Å². The van der Waals surface area contributed by atoms with Crippen LogP contribution < -0.4 is 10.6 Å². The van der Waals surface area contributed by atoms with Gasteiger partial charge in [0.05, 0.1) is 30.8 Å². The second-order valence-electron chi connectivity index (χ2n) is 9.71. The standard InChI is InChI=1S/C27H30N6O/c1-18-13-32(25-7-4-19(12-28)27-24(25)3-2-8-30-27)16-26-23-6-5-22(11-20(23)14-33(18)26)31-9-10-34-17-21(29)15-31/h2-5,7-8,11,18,21H,6,9-10,13-17,29H2,1H3/t18-,21-/m1/s1. The first-order chi connectivity index (χ1) is 16.6. The number of fused-ring (bicyclic) bond motifs is 3. The number of hydrogen-bond acceptors (Lipinski definition) is 7. The molecule has 2 N–H and O–H groups in total. The van der Waals surface area contributed by atoms with Crippen molar-refractivity contribution in [2.24, 2.45) is 5.73 Å². The van der Waals surface area contributed by atoms with Crippen LogP contribution in [0.25, 0.3) is 10.9 Å². The molecule has 1 aromatic heterocycles. The van der Waals surface area contributed by atoms with Gasteiger partial charge >= 0.3 is 0 Å². The monoisotopic (exact) mass is 454 g/mol. The summed E-state index contributed by atoms with van der Waals surface area (Å²) in [6.07, 6.45) is 7.45. The molecule has 2 fully saturated rings. The van der Waals surface area contributed by atoms with Crippen molar-refractivity contribution < 1.29 is 4.74 Å². The average molecular weight is 455 g/mol. The fraction of sp³-hybridized carbons (Fsp3) is 0.407. The summed E-state index contributed by atoms with van der Waals surface area (Å²) in [5.41, 5.74) is 14.4. The van der Waals surface area contributed by atoms with Crippen LogP contribution in [0.3, 0.4) is 0 Å². The Morgan fingerprint density at radius 1 is 1.18 bits per heavy atom. The summed E-state index contributed by atoms with van der Waals surface area (Å²) in [6.45, 7) is 8.20. The molecule has 0 radical (unpaired) electrons. The molecule has 6 rings (SSSR count). The Hall–Kier alpha value is -3.34. The van der Waals surface area contributed by atoms with E-state index in [1.165, 1.54) is 22.5 Å². The second-order valence-corrected chi connectivity index (χ2v) is 9.71. The SMILES string of the molecule is C[C@@H]1CN(c2ccc(C#N)c3ncccc23)CC2=C3CC=C(N4CCOC[C@H](N)C4)C=C3CN21. The third-order valence-electron chi connectivity index (χ3n) is 7.48. The fourth-order valence-corrected chi connectivity index (χ4v) is 5.83. The number of ether oxygens (including phenoxy) is 1. The van der Waals surface area contributed by atoms with Crippen molar-refractivity contribution in [2.75, 3.05) is 50.8 Å². The Balaban J connectivity index is 1.31. The van der Waals surface area contributed by atoms with E-state index in [0.717, 1.165) is 62.3 Å². The highest BCUT2D eigenvalue weighted by molar-refractivity contribution is 5.95. The van der Waals surface area contributed by atoms with Gasteiger partial charge in [-0.1, -0.05) is 6.08 Å². The molecular formula is C27H30N6O. The van der Waals surface area contributed by atoms with Gasteiger partial charge in [0.15, 0.2) is 0 Å². The molecule has 0 bridgehead atoms. The van der Waals surface area contributed by atoms with Gasteiger partial charge in [-0.25, -0.2) is 0 Å². The van der Waals surface area contributed by atoms with Crippen LogP contribution in [0, 0.1) is 11.3 Å². The lowest BCUT2D eigenvalue weighted by molar-refractivity contribution is 0.138. The first kappa shape index (κ1) is 21.2. The van der Waals surface area contributed by atoms with E-state index in [0.29, 0.717) is 18.2 Å². The normalized spacial score (nSPS) is 24.9. The van der Waals surface area contributed by atoms with Crippen LogP contribution in [0.2, 0.25) is 0 Å². The van der Waals surface area contributed by atoms with E-state index in [4.69, 9.17) is 10.5 Å². The molecular weight excluding hydrogens is 424 g/mol. The highest BCUT2D eigenvalue weighted by Crippen LogP contribution is 2.40. The lowest BCUT2D eigenvalue weighted by atomic mass is 9.96. The minimum absolute atomic E-state index is 0.0572. The molecule has 0 amide bonds. The number of hydrogen-bond donors (Lipinski definition) is 1. The molecule has 1 aliphatic carbocycles. The van der Waals surface area contributed by atoms with E-state index in [9.17, 15) is 5.26 Å². The van der Waals surface area contributed by atoms with Crippen LogP contribution in [0.15, 0.2) is 65.2 Å². The van der Waals surface area contributed by atoms with Crippen molar-refractivity contribution in [3.8, 4) is 6.07 Å². The van der Waals surface area contributed by atoms with E-state index < -0.39 is 0 Å². The number of nitrogens with zero attached hydrogens (tertiary/aromatic N) is 5. The van der Waals surface area contributed by atoms with Crippen molar-refractivity contribution in [2.45, 2.75) is 25.4 Å². The number of piperazine rings is 1. The highest BCUT2D eigenvalue weighted by atomic mass is 16.5. The summed E-state index contributed by atoms with van der Waals surface area (Å²) in [5.74, 6) is 0. The molecule has 3 aliphatic heterocycles. The van der Waals surface area contributed by atoms with E-state index >= 15 is 0 Å². The molecule has 174 valence electrons. The van der Waals surface area contributed by atoms with Crippen molar-refractivity contribution in [3.05, 3.63) is 70.7 Å². The number of nitriles is 1. The van der Waals surface area contributed by atoms with Gasteiger partial charge in [0, 0.05) is 66.9 Å². The van der Waals surface area contributed by atoms with Crippen molar-refractivity contribution in [1.29, 1.82) is 5.26 Å². The number of pyridine rings is 1. The number of rotatable bonds is 2. The summed E-state index contributed by atoms with van der Waals surface area (Å²) < 4.78 is 5.64. The molecule has 0 saturated carbocycles. The maximum atomic E-state index is 9.53. The van der Waals surface area contributed by atoms with Gasteiger partial charge in [-0.05, 0) is 54.8 Å². The van der Waals surface area contributed by atoms with Crippen molar-refractivity contribution >= 4 is 16.6 Å². The molecule has 4 heterocycles. The van der Waals surface area contributed by atoms with Crippen molar-refractivity contribution in [1.82, 2.24) is 14.8 Å². The number of nitrogens with two attached hydrogens (primary N) is 1. The first-order valence-corrected chi connectivity index (χ1v) is 12.1. The third-order valence-corrected chi connectivity index (χ3v) is 7.48. The highest BCUT2D eigenvalue weighted by Gasteiger charge is 2.37. The lowest BCUT2D eigenvalue weighted by Crippen LogP contribution is -2.49. The third kappa shape index (κ3) is 3.54. The van der Waals surface area contributed by atoms with Crippen LogP contribution in [-0.4, -0.2) is 72.8 Å². The van der Waals surface area contributed by atoms with Gasteiger partial charge in [-0.2, -0.15) is 5.26 Å². The molecule has 0 spiro atoms. The molecule has 2 atom stereocenters. The average Bonchev–Trinajstić information content (AvgIpc) is 3.09. The smallest absolute Gasteiger partial charge is 0.101 e. The van der Waals surface area contributed by atoms with E-state index in [2.05, 4.69) is 57.0 Å². The summed E-state index contributed by atoms with van der Waals surface area (Å²) >= 11 is 0. The predicted molar refractivity (Wildman–Crippen MR) is 133 cm³/mol. The number of aromatic nitrogens is 1. The minimum atomic E-state index is 0.0572. The zero-order chi connectivity index (χ0) is 23.2. The summed E-state index contributed by atoms with van der Waals surface area (Å²) in [6, 6.07) is 10.8. The number of allylic oxidation sites excluding steroid dienone is 2. The summed E-state index contributed by atoms with van der Waals surface area (Å²) in [4.78, 5) is 11.9. The quantitative estimate of drug-likeness (QED) is 0.747. The topological polar surface area (TPSA) is 81.6 Å². The van der Waals surface area contributed by atoms with Crippen LogP contribution in [-0.2, 0) is 4.74 Å². The zero-order valence-corrected chi connectivity index (χ0v) is 19.6. The molecule has 7 heteroatoms. The maximum Gasteiger partial charge on any atom is 0.101 e. The molecule has 0 unspecified atom stereocenters. The Labute approximate surface area is 200 Å². The zero-order valence-electron chi connectivity index (χ0n) is 19.6.